The van der Waals surface area contributed by atoms with Crippen molar-refractivity contribution in [2.24, 2.45) is 0 Å². The third-order valence-corrected chi connectivity index (χ3v) is 4.71. The van der Waals surface area contributed by atoms with E-state index in [0.29, 0.717) is 28.3 Å². The van der Waals surface area contributed by atoms with Crippen LogP contribution in [-0.4, -0.2) is 28.0 Å². The van der Waals surface area contributed by atoms with Gasteiger partial charge in [0.25, 0.3) is 5.91 Å². The molecule has 3 rings (SSSR count). The van der Waals surface area contributed by atoms with Crippen LogP contribution in [0.2, 0.25) is 5.02 Å². The fraction of sp³-hybridized carbons (Fsp3) is 0.227. The second-order valence-corrected chi connectivity index (χ2v) is 7.08. The third kappa shape index (κ3) is 4.67. The molecular formula is C22H22ClN3O2. The van der Waals surface area contributed by atoms with E-state index in [0.717, 1.165) is 24.4 Å². The van der Waals surface area contributed by atoms with Gasteiger partial charge in [0.1, 0.15) is 0 Å². The number of halogens is 1. The number of ketones is 1. The fourth-order valence-electron chi connectivity index (χ4n) is 3.06. The molecule has 3 aromatic rings. The van der Waals surface area contributed by atoms with Gasteiger partial charge in [0.15, 0.2) is 5.78 Å². The molecule has 0 saturated carbocycles. The summed E-state index contributed by atoms with van der Waals surface area (Å²) in [7, 11) is 0. The highest BCUT2D eigenvalue weighted by Gasteiger charge is 2.17. The van der Waals surface area contributed by atoms with Crippen molar-refractivity contribution in [2.75, 3.05) is 6.54 Å². The van der Waals surface area contributed by atoms with Gasteiger partial charge in [-0.15, -0.1) is 0 Å². The van der Waals surface area contributed by atoms with E-state index in [-0.39, 0.29) is 11.7 Å². The molecule has 5 nitrogen and oxygen atoms in total. The number of nitrogens with one attached hydrogen (secondary N) is 1. The minimum Gasteiger partial charge on any atom is -0.352 e. The van der Waals surface area contributed by atoms with Crippen LogP contribution in [0.15, 0.2) is 54.6 Å². The first-order chi connectivity index (χ1) is 13.5. The van der Waals surface area contributed by atoms with Crippen LogP contribution in [0.3, 0.4) is 0 Å². The van der Waals surface area contributed by atoms with Crippen LogP contribution in [0.1, 0.15) is 44.1 Å². The Balaban J connectivity index is 1.64. The molecule has 0 unspecified atom stereocenters. The number of carbonyl (C=O) groups is 2. The number of rotatable bonds is 7. The quantitative estimate of drug-likeness (QED) is 0.481. The maximum absolute atomic E-state index is 12.8. The van der Waals surface area contributed by atoms with Crippen molar-refractivity contribution in [3.8, 4) is 0 Å². The van der Waals surface area contributed by atoms with E-state index in [2.05, 4.69) is 10.4 Å². The molecule has 0 spiro atoms. The molecule has 0 bridgehead atoms. The lowest BCUT2D eigenvalue weighted by Gasteiger charge is -2.10. The van der Waals surface area contributed by atoms with Crippen LogP contribution >= 0.6 is 11.6 Å². The Labute approximate surface area is 169 Å². The number of nitrogens with zero attached hydrogens (tertiary/aromatic N) is 2. The van der Waals surface area contributed by atoms with E-state index in [1.807, 2.05) is 24.6 Å². The highest BCUT2D eigenvalue weighted by atomic mass is 35.5. The Kier molecular flexibility index (Phi) is 6.26. The summed E-state index contributed by atoms with van der Waals surface area (Å²) >= 11 is 5.89. The number of benzene rings is 2. The van der Waals surface area contributed by atoms with Gasteiger partial charge in [-0.05, 0) is 56.7 Å². The molecule has 1 amide bonds. The predicted molar refractivity (Wildman–Crippen MR) is 110 cm³/mol. The van der Waals surface area contributed by atoms with Crippen molar-refractivity contribution in [3.63, 3.8) is 0 Å². The van der Waals surface area contributed by atoms with Crippen LogP contribution in [0.25, 0.3) is 0 Å². The molecule has 0 atom stereocenters. The summed E-state index contributed by atoms with van der Waals surface area (Å²) in [6.45, 7) is 5.20. The van der Waals surface area contributed by atoms with Gasteiger partial charge in [0.05, 0.1) is 11.3 Å². The summed E-state index contributed by atoms with van der Waals surface area (Å²) in [5.41, 5.74) is 3.32. The van der Waals surface area contributed by atoms with E-state index in [4.69, 9.17) is 11.6 Å². The van der Waals surface area contributed by atoms with E-state index in [1.165, 1.54) is 0 Å². The summed E-state index contributed by atoms with van der Waals surface area (Å²) in [6.07, 6.45) is 0.751. The third-order valence-electron chi connectivity index (χ3n) is 4.46. The van der Waals surface area contributed by atoms with Crippen molar-refractivity contribution in [1.82, 2.24) is 15.1 Å². The number of amides is 1. The van der Waals surface area contributed by atoms with Crippen molar-refractivity contribution in [2.45, 2.75) is 26.8 Å². The number of carbonyl (C=O) groups excluding carboxylic acids is 2. The highest BCUT2D eigenvalue weighted by Crippen LogP contribution is 2.17. The number of hydrogen-bond donors (Lipinski definition) is 1. The van der Waals surface area contributed by atoms with Crippen LogP contribution in [0.5, 0.6) is 0 Å². The second kappa shape index (κ2) is 8.85. The van der Waals surface area contributed by atoms with Gasteiger partial charge in [0.2, 0.25) is 0 Å². The number of aryl methyl sites for hydroxylation is 3. The summed E-state index contributed by atoms with van der Waals surface area (Å²) in [6, 6.07) is 15.5. The molecule has 0 fully saturated rings. The Morgan fingerprint density at radius 2 is 1.71 bits per heavy atom. The van der Waals surface area contributed by atoms with Crippen molar-refractivity contribution in [3.05, 3.63) is 87.7 Å². The molecule has 28 heavy (non-hydrogen) atoms. The molecule has 144 valence electrons. The first-order valence-corrected chi connectivity index (χ1v) is 9.52. The van der Waals surface area contributed by atoms with Gasteiger partial charge in [-0.3, -0.25) is 14.3 Å². The highest BCUT2D eigenvalue weighted by molar-refractivity contribution is 6.30. The largest absolute Gasteiger partial charge is 0.352 e. The summed E-state index contributed by atoms with van der Waals surface area (Å²) in [5, 5.41) is 7.87. The average Bonchev–Trinajstić information content (AvgIpc) is 3.02. The lowest BCUT2D eigenvalue weighted by molar-refractivity contribution is 0.0941. The maximum Gasteiger partial charge on any atom is 0.252 e. The normalized spacial score (nSPS) is 10.7. The van der Waals surface area contributed by atoms with Gasteiger partial charge in [0, 0.05) is 34.9 Å². The Hall–Kier alpha value is -2.92. The molecular weight excluding hydrogens is 374 g/mol. The average molecular weight is 396 g/mol. The van der Waals surface area contributed by atoms with Crippen molar-refractivity contribution in [1.29, 1.82) is 0 Å². The Morgan fingerprint density at radius 3 is 2.36 bits per heavy atom. The smallest absolute Gasteiger partial charge is 0.252 e. The topological polar surface area (TPSA) is 64.0 Å². The molecule has 1 aromatic heterocycles. The molecule has 1 N–H and O–H groups in total. The Bertz CT molecular complexity index is 993. The van der Waals surface area contributed by atoms with Crippen LogP contribution in [0, 0.1) is 13.8 Å². The van der Waals surface area contributed by atoms with Gasteiger partial charge in [-0.25, -0.2) is 0 Å². The minimum absolute atomic E-state index is 0.204. The predicted octanol–water partition coefficient (Wildman–Crippen LogP) is 4.20. The van der Waals surface area contributed by atoms with E-state index in [1.54, 1.807) is 48.5 Å². The minimum atomic E-state index is -0.258. The first kappa shape index (κ1) is 19.8. The molecule has 0 saturated heterocycles. The lowest BCUT2D eigenvalue weighted by Crippen LogP contribution is -2.27. The molecule has 0 aliphatic heterocycles. The summed E-state index contributed by atoms with van der Waals surface area (Å²) in [4.78, 5) is 25.4. The lowest BCUT2D eigenvalue weighted by atomic mass is 9.98. The summed E-state index contributed by atoms with van der Waals surface area (Å²) < 4.78 is 1.93. The SMILES string of the molecule is Cc1cc(C)n(CCCNC(=O)c2ccccc2C(=O)c2ccc(Cl)cc2)n1. The zero-order valence-electron chi connectivity index (χ0n) is 15.9. The Morgan fingerprint density at radius 1 is 1.04 bits per heavy atom. The van der Waals surface area contributed by atoms with Crippen LogP contribution in [-0.2, 0) is 6.54 Å². The van der Waals surface area contributed by atoms with Crippen molar-refractivity contribution >= 4 is 23.3 Å². The zero-order valence-corrected chi connectivity index (χ0v) is 16.7. The first-order valence-electron chi connectivity index (χ1n) is 9.14. The van der Waals surface area contributed by atoms with E-state index >= 15 is 0 Å². The number of hydrogen-bond acceptors (Lipinski definition) is 3. The fourth-order valence-corrected chi connectivity index (χ4v) is 3.19. The molecule has 0 aliphatic rings. The second-order valence-electron chi connectivity index (χ2n) is 6.64. The molecule has 6 heteroatoms. The molecule has 0 radical (unpaired) electrons. The zero-order chi connectivity index (χ0) is 20.1. The van der Waals surface area contributed by atoms with Crippen LogP contribution < -0.4 is 5.32 Å². The monoisotopic (exact) mass is 395 g/mol. The molecule has 1 heterocycles. The van der Waals surface area contributed by atoms with E-state index < -0.39 is 0 Å². The van der Waals surface area contributed by atoms with Gasteiger partial charge < -0.3 is 5.32 Å². The molecule has 0 aliphatic carbocycles. The van der Waals surface area contributed by atoms with E-state index in [9.17, 15) is 9.59 Å². The maximum atomic E-state index is 12.8. The number of aromatic nitrogens is 2. The van der Waals surface area contributed by atoms with Gasteiger partial charge in [-0.1, -0.05) is 29.8 Å². The summed E-state index contributed by atoms with van der Waals surface area (Å²) in [5.74, 6) is -0.462. The van der Waals surface area contributed by atoms with Gasteiger partial charge in [-0.2, -0.15) is 5.10 Å². The van der Waals surface area contributed by atoms with Gasteiger partial charge >= 0.3 is 0 Å². The van der Waals surface area contributed by atoms with Crippen LogP contribution in [0.4, 0.5) is 0 Å². The van der Waals surface area contributed by atoms with Crippen molar-refractivity contribution < 1.29 is 9.59 Å². The molecule has 2 aromatic carbocycles. The standard InChI is InChI=1S/C22H22ClN3O2/c1-15-14-16(2)26(25-15)13-5-12-24-22(28)20-7-4-3-6-19(20)21(27)17-8-10-18(23)11-9-17/h3-4,6-11,14H,5,12-13H2,1-2H3,(H,24,28).